The van der Waals surface area contributed by atoms with E-state index in [9.17, 15) is 0 Å². The van der Waals surface area contributed by atoms with Crippen molar-refractivity contribution in [1.82, 2.24) is 9.55 Å². The molecule has 4 heteroatoms. The first-order chi connectivity index (χ1) is 6.33. The van der Waals surface area contributed by atoms with Crippen LogP contribution in [0.3, 0.4) is 0 Å². The minimum absolute atomic E-state index is 0.340. The Morgan fingerprint density at radius 3 is 3.15 bits per heavy atom. The van der Waals surface area contributed by atoms with Crippen molar-refractivity contribution in [3.05, 3.63) is 29.0 Å². The lowest BCUT2D eigenvalue weighted by Crippen LogP contribution is -1.94. The van der Waals surface area contributed by atoms with Crippen molar-refractivity contribution in [3.8, 4) is 6.07 Å². The lowest BCUT2D eigenvalue weighted by atomic mass is 10.3. The molecular formula is C9H6BrN3. The minimum Gasteiger partial charge on any atom is -0.319 e. The molecule has 0 aliphatic carbocycles. The molecule has 0 fully saturated rings. The molecule has 2 aromatic heterocycles. The lowest BCUT2D eigenvalue weighted by molar-refractivity contribution is 0.860. The van der Waals surface area contributed by atoms with Crippen LogP contribution in [0.1, 0.15) is 0 Å². The van der Waals surface area contributed by atoms with Crippen LogP contribution in [0.4, 0.5) is 0 Å². The zero-order valence-electron chi connectivity index (χ0n) is 6.74. The summed E-state index contributed by atoms with van der Waals surface area (Å²) in [5.41, 5.74) is 0.843. The zero-order chi connectivity index (χ0) is 9.26. The van der Waals surface area contributed by atoms with E-state index in [1.165, 1.54) is 0 Å². The molecule has 0 bridgehead atoms. The second-order valence-electron chi connectivity index (χ2n) is 2.63. The smallest absolute Gasteiger partial charge is 0.141 e. The summed E-state index contributed by atoms with van der Waals surface area (Å²) in [6, 6.07) is 5.93. The van der Waals surface area contributed by atoms with E-state index in [1.807, 2.05) is 22.9 Å². The van der Waals surface area contributed by atoms with Crippen LogP contribution in [0.2, 0.25) is 0 Å². The van der Waals surface area contributed by atoms with Gasteiger partial charge in [0.25, 0.3) is 0 Å². The predicted octanol–water partition coefficient (Wildman–Crippen LogP) is 2.32. The number of rotatable bonds is 1. The summed E-state index contributed by atoms with van der Waals surface area (Å²) < 4.78 is 2.83. The maximum atomic E-state index is 8.56. The molecule has 2 aromatic rings. The summed E-state index contributed by atoms with van der Waals surface area (Å²) in [5, 5.41) is 9.60. The van der Waals surface area contributed by atoms with Crippen LogP contribution in [0.25, 0.3) is 11.0 Å². The maximum Gasteiger partial charge on any atom is 0.141 e. The molecule has 0 radical (unpaired) electrons. The fourth-order valence-electron chi connectivity index (χ4n) is 1.26. The first-order valence-corrected chi connectivity index (χ1v) is 4.58. The quantitative estimate of drug-likeness (QED) is 0.762. The molecule has 0 aliphatic heterocycles. The molecule has 3 nitrogen and oxygen atoms in total. The van der Waals surface area contributed by atoms with Gasteiger partial charge in [0.2, 0.25) is 0 Å². The van der Waals surface area contributed by atoms with Crippen LogP contribution in [0, 0.1) is 11.3 Å². The van der Waals surface area contributed by atoms with Gasteiger partial charge in [-0.15, -0.1) is 0 Å². The van der Waals surface area contributed by atoms with Crippen LogP contribution in [-0.2, 0) is 6.54 Å². The largest absolute Gasteiger partial charge is 0.319 e. The van der Waals surface area contributed by atoms with E-state index in [4.69, 9.17) is 5.26 Å². The first kappa shape index (κ1) is 8.27. The third-order valence-electron chi connectivity index (χ3n) is 1.85. The average molecular weight is 236 g/mol. The highest BCUT2D eigenvalue weighted by molar-refractivity contribution is 9.10. The molecule has 2 heterocycles. The SMILES string of the molecule is N#CCn1ccc2c(Br)ccnc21. The summed E-state index contributed by atoms with van der Waals surface area (Å²) in [6.07, 6.45) is 3.59. The van der Waals surface area contributed by atoms with E-state index in [-0.39, 0.29) is 0 Å². The number of aromatic nitrogens is 2. The predicted molar refractivity (Wildman–Crippen MR) is 53.0 cm³/mol. The Hall–Kier alpha value is -1.34. The number of hydrogen-bond donors (Lipinski definition) is 0. The zero-order valence-corrected chi connectivity index (χ0v) is 8.32. The Labute approximate surface area is 83.7 Å². The molecule has 13 heavy (non-hydrogen) atoms. The molecule has 2 rings (SSSR count). The molecule has 0 unspecified atom stereocenters. The van der Waals surface area contributed by atoms with E-state index in [2.05, 4.69) is 27.0 Å². The highest BCUT2D eigenvalue weighted by Gasteiger charge is 2.03. The molecule has 0 saturated heterocycles. The van der Waals surface area contributed by atoms with Gasteiger partial charge in [-0.2, -0.15) is 5.26 Å². The fourth-order valence-corrected chi connectivity index (χ4v) is 1.69. The Kier molecular flexibility index (Phi) is 2.03. The summed E-state index contributed by atoms with van der Waals surface area (Å²) in [6.45, 7) is 0.340. The van der Waals surface area contributed by atoms with Crippen molar-refractivity contribution in [1.29, 1.82) is 5.26 Å². The molecule has 0 atom stereocenters. The molecule has 0 amide bonds. The maximum absolute atomic E-state index is 8.56. The number of pyridine rings is 1. The monoisotopic (exact) mass is 235 g/mol. The number of fused-ring (bicyclic) bond motifs is 1. The summed E-state index contributed by atoms with van der Waals surface area (Å²) in [7, 11) is 0. The van der Waals surface area contributed by atoms with Crippen molar-refractivity contribution >= 4 is 27.0 Å². The van der Waals surface area contributed by atoms with Crippen molar-refractivity contribution < 1.29 is 0 Å². The Morgan fingerprint density at radius 2 is 2.38 bits per heavy atom. The molecule has 0 aliphatic rings. The van der Waals surface area contributed by atoms with Gasteiger partial charge in [-0.3, -0.25) is 0 Å². The summed E-state index contributed by atoms with van der Waals surface area (Å²) >= 11 is 3.43. The fraction of sp³-hybridized carbons (Fsp3) is 0.111. The van der Waals surface area contributed by atoms with Gasteiger partial charge in [0.1, 0.15) is 12.2 Å². The average Bonchev–Trinajstić information content (AvgIpc) is 2.51. The van der Waals surface area contributed by atoms with E-state index < -0.39 is 0 Å². The van der Waals surface area contributed by atoms with Crippen LogP contribution < -0.4 is 0 Å². The topological polar surface area (TPSA) is 41.6 Å². The summed E-state index contributed by atoms with van der Waals surface area (Å²) in [4.78, 5) is 4.20. The Balaban J connectivity index is 2.70. The van der Waals surface area contributed by atoms with Gasteiger partial charge in [0.05, 0.1) is 6.07 Å². The molecule has 0 aromatic carbocycles. The third kappa shape index (κ3) is 1.31. The van der Waals surface area contributed by atoms with Gasteiger partial charge in [-0.1, -0.05) is 0 Å². The number of halogens is 1. The lowest BCUT2D eigenvalue weighted by Gasteiger charge is -1.97. The molecule has 0 spiro atoms. The van der Waals surface area contributed by atoms with Gasteiger partial charge in [-0.25, -0.2) is 4.98 Å². The van der Waals surface area contributed by atoms with Gasteiger partial charge in [0, 0.05) is 22.3 Å². The molecule has 0 N–H and O–H groups in total. The Bertz CT molecular complexity index is 481. The van der Waals surface area contributed by atoms with Gasteiger partial charge in [0.15, 0.2) is 0 Å². The van der Waals surface area contributed by atoms with Crippen molar-refractivity contribution in [2.24, 2.45) is 0 Å². The van der Waals surface area contributed by atoms with Crippen LogP contribution in [-0.4, -0.2) is 9.55 Å². The van der Waals surface area contributed by atoms with E-state index in [1.54, 1.807) is 6.20 Å². The van der Waals surface area contributed by atoms with Crippen LogP contribution in [0.5, 0.6) is 0 Å². The Morgan fingerprint density at radius 1 is 1.54 bits per heavy atom. The first-order valence-electron chi connectivity index (χ1n) is 3.79. The molecule has 0 saturated carbocycles. The summed E-state index contributed by atoms with van der Waals surface area (Å²) in [5.74, 6) is 0. The van der Waals surface area contributed by atoms with Crippen molar-refractivity contribution in [3.63, 3.8) is 0 Å². The van der Waals surface area contributed by atoms with Crippen molar-refractivity contribution in [2.45, 2.75) is 6.54 Å². The van der Waals surface area contributed by atoms with Crippen molar-refractivity contribution in [2.75, 3.05) is 0 Å². The minimum atomic E-state index is 0.340. The third-order valence-corrected chi connectivity index (χ3v) is 2.54. The normalized spacial score (nSPS) is 10.2. The second kappa shape index (κ2) is 3.19. The number of hydrogen-bond acceptors (Lipinski definition) is 2. The molecule has 64 valence electrons. The van der Waals surface area contributed by atoms with Crippen LogP contribution in [0.15, 0.2) is 29.0 Å². The molecular weight excluding hydrogens is 230 g/mol. The second-order valence-corrected chi connectivity index (χ2v) is 3.49. The highest BCUT2D eigenvalue weighted by atomic mass is 79.9. The van der Waals surface area contributed by atoms with Gasteiger partial charge >= 0.3 is 0 Å². The number of nitriles is 1. The van der Waals surface area contributed by atoms with E-state index >= 15 is 0 Å². The van der Waals surface area contributed by atoms with Gasteiger partial charge in [-0.05, 0) is 28.1 Å². The van der Waals surface area contributed by atoms with E-state index in [0.29, 0.717) is 6.54 Å². The van der Waals surface area contributed by atoms with Gasteiger partial charge < -0.3 is 4.57 Å². The van der Waals surface area contributed by atoms with Crippen LogP contribution >= 0.6 is 15.9 Å². The number of nitrogens with zero attached hydrogens (tertiary/aromatic N) is 3. The standard InChI is InChI=1S/C9H6BrN3/c10-8-1-4-12-9-7(8)2-5-13(9)6-3-11/h1-2,4-5H,6H2. The highest BCUT2D eigenvalue weighted by Crippen LogP contribution is 2.22. The van der Waals surface area contributed by atoms with E-state index in [0.717, 1.165) is 15.5 Å².